The number of fused-ring (bicyclic) bond motifs is 1. The van der Waals surface area contributed by atoms with E-state index < -0.39 is 5.97 Å². The van der Waals surface area contributed by atoms with E-state index in [9.17, 15) is 9.59 Å². The predicted molar refractivity (Wildman–Crippen MR) is 87.0 cm³/mol. The molecule has 1 aromatic carbocycles. The number of nitrogens with one attached hydrogen (secondary N) is 1. The van der Waals surface area contributed by atoms with Gasteiger partial charge in [0.2, 0.25) is 0 Å². The number of hydrogen-bond donors (Lipinski definition) is 2. The summed E-state index contributed by atoms with van der Waals surface area (Å²) in [5, 5.41) is 16.0. The Labute approximate surface area is 134 Å². The Kier molecular flexibility index (Phi) is 4.28. The molecule has 1 unspecified atom stereocenters. The van der Waals surface area contributed by atoms with Crippen molar-refractivity contribution in [1.82, 2.24) is 10.2 Å². The number of H-pyrrole nitrogens is 1. The average molecular weight is 312 g/mol. The molecule has 5 nitrogen and oxygen atoms in total. The number of aromatic nitrogens is 2. The minimum atomic E-state index is -0.918. The van der Waals surface area contributed by atoms with Crippen molar-refractivity contribution in [2.45, 2.75) is 44.9 Å². The van der Waals surface area contributed by atoms with Gasteiger partial charge < -0.3 is 5.11 Å². The van der Waals surface area contributed by atoms with Crippen molar-refractivity contribution in [2.75, 3.05) is 0 Å². The molecule has 1 aliphatic rings. The second kappa shape index (κ2) is 6.36. The lowest BCUT2D eigenvalue weighted by Crippen LogP contribution is -2.23. The van der Waals surface area contributed by atoms with Gasteiger partial charge in [0.15, 0.2) is 0 Å². The Balaban J connectivity index is 1.89. The zero-order valence-electron chi connectivity index (χ0n) is 13.1. The molecule has 0 spiro atoms. The monoisotopic (exact) mass is 312 g/mol. The number of aromatic amines is 1. The van der Waals surface area contributed by atoms with Gasteiger partial charge in [-0.3, -0.25) is 4.79 Å². The van der Waals surface area contributed by atoms with E-state index >= 15 is 0 Å². The minimum absolute atomic E-state index is 0.0658. The Morgan fingerprint density at radius 1 is 1.30 bits per heavy atom. The van der Waals surface area contributed by atoms with E-state index in [1.807, 2.05) is 6.07 Å². The molecule has 0 saturated carbocycles. The summed E-state index contributed by atoms with van der Waals surface area (Å²) >= 11 is 0. The fourth-order valence-electron chi connectivity index (χ4n) is 3.28. The summed E-state index contributed by atoms with van der Waals surface area (Å²) in [5.41, 5.74) is 4.12. The largest absolute Gasteiger partial charge is 0.478 e. The van der Waals surface area contributed by atoms with Gasteiger partial charge in [0, 0.05) is 5.56 Å². The molecule has 3 rings (SSSR count). The first kappa shape index (κ1) is 15.5. The summed E-state index contributed by atoms with van der Waals surface area (Å²) in [7, 11) is 0. The number of nitrogens with zero attached hydrogens (tertiary/aromatic N) is 1. The van der Waals surface area contributed by atoms with E-state index in [2.05, 4.69) is 17.1 Å². The molecule has 1 atom stereocenters. The number of aromatic carboxylic acids is 1. The molecule has 1 aliphatic carbocycles. The van der Waals surface area contributed by atoms with E-state index in [-0.39, 0.29) is 11.5 Å². The van der Waals surface area contributed by atoms with Crippen molar-refractivity contribution in [2.24, 2.45) is 0 Å². The zero-order valence-corrected chi connectivity index (χ0v) is 13.1. The third kappa shape index (κ3) is 3.18. The van der Waals surface area contributed by atoms with Gasteiger partial charge in [0.1, 0.15) is 0 Å². The van der Waals surface area contributed by atoms with Crippen molar-refractivity contribution in [3.8, 4) is 0 Å². The smallest absolute Gasteiger partial charge is 0.335 e. The van der Waals surface area contributed by atoms with Crippen molar-refractivity contribution < 1.29 is 9.90 Å². The highest BCUT2D eigenvalue weighted by molar-refractivity contribution is 5.87. The number of hydrogen-bond acceptors (Lipinski definition) is 3. The van der Waals surface area contributed by atoms with E-state index in [0.717, 1.165) is 48.1 Å². The van der Waals surface area contributed by atoms with Gasteiger partial charge in [0.25, 0.3) is 5.56 Å². The summed E-state index contributed by atoms with van der Waals surface area (Å²) < 4.78 is 0. The third-order valence-corrected chi connectivity index (χ3v) is 4.58. The number of benzene rings is 1. The molecule has 0 saturated heterocycles. The van der Waals surface area contributed by atoms with E-state index in [0.29, 0.717) is 12.0 Å². The van der Waals surface area contributed by atoms with Crippen LogP contribution in [-0.4, -0.2) is 21.3 Å². The Morgan fingerprint density at radius 3 is 2.78 bits per heavy atom. The maximum atomic E-state index is 11.9. The van der Waals surface area contributed by atoms with Crippen LogP contribution in [0, 0.1) is 0 Å². The molecular formula is C18H20N2O3. The second-order valence-corrected chi connectivity index (χ2v) is 6.20. The molecule has 0 radical (unpaired) electrons. The van der Waals surface area contributed by atoms with Crippen molar-refractivity contribution in [3.05, 3.63) is 62.6 Å². The normalized spacial score (nSPS) is 15.0. The standard InChI is InChI=1S/C18H20N2O3/c1-11(12-5-4-6-13(10-12)18(22)23)9-16-14-7-2-3-8-15(14)17(21)20-19-16/h4-6,10-11H,2-3,7-9H2,1H3,(H,20,21)(H,22,23). The predicted octanol–water partition coefficient (Wildman–Crippen LogP) is 2.69. The molecule has 0 fully saturated rings. The van der Waals surface area contributed by atoms with Crippen LogP contribution in [0.4, 0.5) is 0 Å². The minimum Gasteiger partial charge on any atom is -0.478 e. The summed E-state index contributed by atoms with van der Waals surface area (Å²) in [6.45, 7) is 2.06. The molecule has 5 heteroatoms. The lowest BCUT2D eigenvalue weighted by molar-refractivity contribution is 0.0696. The van der Waals surface area contributed by atoms with Gasteiger partial charge in [-0.2, -0.15) is 5.10 Å². The zero-order chi connectivity index (χ0) is 16.4. The van der Waals surface area contributed by atoms with Crippen LogP contribution in [0.5, 0.6) is 0 Å². The highest BCUT2D eigenvalue weighted by atomic mass is 16.4. The number of carboxylic acid groups (broad SMARTS) is 1. The van der Waals surface area contributed by atoms with Gasteiger partial charge in [-0.1, -0.05) is 19.1 Å². The van der Waals surface area contributed by atoms with Crippen LogP contribution in [0.2, 0.25) is 0 Å². The summed E-state index contributed by atoms with van der Waals surface area (Å²) in [4.78, 5) is 23.0. The molecular weight excluding hydrogens is 292 g/mol. The van der Waals surface area contributed by atoms with Gasteiger partial charge >= 0.3 is 5.97 Å². The SMILES string of the molecule is CC(Cc1n[nH]c(=O)c2c1CCCC2)c1cccc(C(=O)O)c1. The van der Waals surface area contributed by atoms with Gasteiger partial charge in [0.05, 0.1) is 11.3 Å². The third-order valence-electron chi connectivity index (χ3n) is 4.58. The first-order valence-electron chi connectivity index (χ1n) is 7.99. The lowest BCUT2D eigenvalue weighted by Gasteiger charge is -2.19. The Morgan fingerprint density at radius 2 is 2.04 bits per heavy atom. The van der Waals surface area contributed by atoms with Crippen molar-refractivity contribution in [1.29, 1.82) is 0 Å². The van der Waals surface area contributed by atoms with Crippen LogP contribution in [0.3, 0.4) is 0 Å². The molecule has 0 bridgehead atoms. The molecule has 1 aromatic heterocycles. The van der Waals surface area contributed by atoms with Gasteiger partial charge in [-0.15, -0.1) is 0 Å². The van der Waals surface area contributed by atoms with Crippen LogP contribution < -0.4 is 5.56 Å². The van der Waals surface area contributed by atoms with Gasteiger partial charge in [-0.25, -0.2) is 9.89 Å². The fourth-order valence-corrected chi connectivity index (χ4v) is 3.28. The van der Waals surface area contributed by atoms with Crippen molar-refractivity contribution >= 4 is 5.97 Å². The first-order chi connectivity index (χ1) is 11.1. The fraction of sp³-hybridized carbons (Fsp3) is 0.389. The molecule has 120 valence electrons. The van der Waals surface area contributed by atoms with Crippen LogP contribution in [0.15, 0.2) is 29.1 Å². The summed E-state index contributed by atoms with van der Waals surface area (Å²) in [6.07, 6.45) is 4.57. The molecule has 1 heterocycles. The number of carboxylic acids is 1. The van der Waals surface area contributed by atoms with Crippen LogP contribution in [-0.2, 0) is 19.3 Å². The quantitative estimate of drug-likeness (QED) is 0.909. The maximum Gasteiger partial charge on any atom is 0.335 e. The number of carbonyl (C=O) groups is 1. The average Bonchev–Trinajstić information content (AvgIpc) is 2.57. The lowest BCUT2D eigenvalue weighted by atomic mass is 9.87. The molecule has 0 amide bonds. The van der Waals surface area contributed by atoms with Crippen LogP contribution in [0.25, 0.3) is 0 Å². The Bertz CT molecular complexity index is 795. The summed E-state index contributed by atoms with van der Waals surface area (Å²) in [6, 6.07) is 7.02. The van der Waals surface area contributed by atoms with Crippen LogP contribution >= 0.6 is 0 Å². The van der Waals surface area contributed by atoms with Gasteiger partial charge in [-0.05, 0) is 61.3 Å². The second-order valence-electron chi connectivity index (χ2n) is 6.20. The summed E-state index contributed by atoms with van der Waals surface area (Å²) in [5.74, 6) is -0.780. The maximum absolute atomic E-state index is 11.9. The van der Waals surface area contributed by atoms with E-state index in [1.165, 1.54) is 0 Å². The molecule has 23 heavy (non-hydrogen) atoms. The molecule has 0 aliphatic heterocycles. The van der Waals surface area contributed by atoms with E-state index in [4.69, 9.17) is 5.11 Å². The number of rotatable bonds is 4. The van der Waals surface area contributed by atoms with E-state index in [1.54, 1.807) is 18.2 Å². The topological polar surface area (TPSA) is 83.0 Å². The molecule has 2 aromatic rings. The highest BCUT2D eigenvalue weighted by Gasteiger charge is 2.20. The first-order valence-corrected chi connectivity index (χ1v) is 7.99. The Hall–Kier alpha value is -2.43. The van der Waals surface area contributed by atoms with Crippen molar-refractivity contribution in [3.63, 3.8) is 0 Å². The highest BCUT2D eigenvalue weighted by Crippen LogP contribution is 2.26. The molecule has 2 N–H and O–H groups in total. The van der Waals surface area contributed by atoms with Crippen LogP contribution in [0.1, 0.15) is 58.4 Å².